The Labute approximate surface area is 107 Å². The van der Waals surface area contributed by atoms with Crippen molar-refractivity contribution in [2.45, 2.75) is 18.9 Å². The molecule has 0 aliphatic carbocycles. The van der Waals surface area contributed by atoms with Crippen LogP contribution in [-0.4, -0.2) is 36.5 Å². The van der Waals surface area contributed by atoms with Crippen molar-refractivity contribution in [2.24, 2.45) is 0 Å². The van der Waals surface area contributed by atoms with Gasteiger partial charge in [-0.15, -0.1) is 0 Å². The van der Waals surface area contributed by atoms with E-state index in [2.05, 4.69) is 23.5 Å². The first-order valence-corrected chi connectivity index (χ1v) is 6.25. The highest BCUT2D eigenvalue weighted by Gasteiger charge is 2.31. The van der Waals surface area contributed by atoms with Crippen molar-refractivity contribution >= 4 is 5.91 Å². The summed E-state index contributed by atoms with van der Waals surface area (Å²) >= 11 is 0. The number of hydrogen-bond acceptors (Lipinski definition) is 3. The first-order chi connectivity index (χ1) is 8.81. The molecule has 1 aromatic carbocycles. The lowest BCUT2D eigenvalue weighted by atomic mass is 10.1. The Morgan fingerprint density at radius 1 is 1.44 bits per heavy atom. The molecule has 0 radical (unpaired) electrons. The number of carbonyl (C=O) groups is 1. The van der Waals surface area contributed by atoms with Crippen LogP contribution in [0.2, 0.25) is 0 Å². The monoisotopic (exact) mass is 243 g/mol. The molecule has 0 aromatic heterocycles. The van der Waals surface area contributed by atoms with Crippen LogP contribution in [0.3, 0.4) is 0 Å². The van der Waals surface area contributed by atoms with E-state index in [0.717, 1.165) is 25.9 Å². The summed E-state index contributed by atoms with van der Waals surface area (Å²) < 4.78 is 0. The van der Waals surface area contributed by atoms with Gasteiger partial charge in [-0.25, -0.2) is 0 Å². The van der Waals surface area contributed by atoms with Gasteiger partial charge >= 0.3 is 0 Å². The molecular formula is C14H17N3O. The molecule has 0 bridgehead atoms. The van der Waals surface area contributed by atoms with Gasteiger partial charge in [0.05, 0.1) is 12.6 Å². The first kappa shape index (κ1) is 12.6. The number of hydrogen-bond donors (Lipinski definition) is 1. The van der Waals surface area contributed by atoms with E-state index in [0.29, 0.717) is 6.54 Å². The standard InChI is InChI=1S/C14H17N3O/c15-10-13-7-9-17(13)14(18)11-16-8-6-12-4-2-1-3-5-12/h1-5,13,16H,6-9,11H2/t13-/m0/s1. The number of nitrogens with zero attached hydrogens (tertiary/aromatic N) is 2. The Balaban J connectivity index is 1.64. The maximum Gasteiger partial charge on any atom is 0.237 e. The maximum atomic E-state index is 11.7. The smallest absolute Gasteiger partial charge is 0.237 e. The summed E-state index contributed by atoms with van der Waals surface area (Å²) in [6, 6.07) is 12.1. The van der Waals surface area contributed by atoms with Crippen molar-refractivity contribution in [3.63, 3.8) is 0 Å². The first-order valence-electron chi connectivity index (χ1n) is 6.25. The Kier molecular flexibility index (Phi) is 4.32. The summed E-state index contributed by atoms with van der Waals surface area (Å²) in [6.45, 7) is 1.82. The van der Waals surface area contributed by atoms with E-state index in [9.17, 15) is 4.79 Å². The predicted molar refractivity (Wildman–Crippen MR) is 68.7 cm³/mol. The molecule has 1 heterocycles. The van der Waals surface area contributed by atoms with Crippen LogP contribution in [0.5, 0.6) is 0 Å². The maximum absolute atomic E-state index is 11.7. The van der Waals surface area contributed by atoms with E-state index in [1.165, 1.54) is 5.56 Å². The number of nitrogens with one attached hydrogen (secondary N) is 1. The number of benzene rings is 1. The van der Waals surface area contributed by atoms with Crippen molar-refractivity contribution in [1.29, 1.82) is 5.26 Å². The zero-order valence-corrected chi connectivity index (χ0v) is 10.3. The SMILES string of the molecule is N#C[C@@H]1CCN1C(=O)CNCCc1ccccc1. The highest BCUT2D eigenvalue weighted by atomic mass is 16.2. The van der Waals surface area contributed by atoms with Crippen LogP contribution >= 0.6 is 0 Å². The molecular weight excluding hydrogens is 226 g/mol. The number of nitriles is 1. The molecule has 1 aliphatic rings. The molecule has 1 aromatic rings. The lowest BCUT2D eigenvalue weighted by Gasteiger charge is -2.36. The van der Waals surface area contributed by atoms with E-state index in [1.54, 1.807) is 4.90 Å². The minimum Gasteiger partial charge on any atom is -0.325 e. The number of rotatable bonds is 5. The normalized spacial score (nSPS) is 17.9. The zero-order chi connectivity index (χ0) is 12.8. The second-order valence-corrected chi connectivity index (χ2v) is 4.43. The lowest BCUT2D eigenvalue weighted by molar-refractivity contribution is -0.135. The highest BCUT2D eigenvalue weighted by Crippen LogP contribution is 2.15. The van der Waals surface area contributed by atoms with E-state index >= 15 is 0 Å². The summed E-state index contributed by atoms with van der Waals surface area (Å²) in [6.07, 6.45) is 1.72. The van der Waals surface area contributed by atoms with Gasteiger partial charge in [-0.05, 0) is 24.9 Å². The Morgan fingerprint density at radius 2 is 2.22 bits per heavy atom. The van der Waals surface area contributed by atoms with Crippen molar-refractivity contribution in [3.05, 3.63) is 35.9 Å². The third-order valence-corrected chi connectivity index (χ3v) is 3.20. The predicted octanol–water partition coefficient (Wildman–Crippen LogP) is 0.943. The highest BCUT2D eigenvalue weighted by molar-refractivity contribution is 5.79. The fourth-order valence-corrected chi connectivity index (χ4v) is 1.99. The lowest BCUT2D eigenvalue weighted by Crippen LogP contribution is -2.53. The molecule has 18 heavy (non-hydrogen) atoms. The van der Waals surface area contributed by atoms with Gasteiger partial charge in [-0.3, -0.25) is 4.79 Å². The molecule has 1 fully saturated rings. The van der Waals surface area contributed by atoms with Crippen molar-refractivity contribution < 1.29 is 4.79 Å². The fourth-order valence-electron chi connectivity index (χ4n) is 1.99. The van der Waals surface area contributed by atoms with Gasteiger partial charge in [0.2, 0.25) is 5.91 Å². The van der Waals surface area contributed by atoms with Crippen LogP contribution in [0.25, 0.3) is 0 Å². The largest absolute Gasteiger partial charge is 0.325 e. The summed E-state index contributed by atoms with van der Waals surface area (Å²) in [5.41, 5.74) is 1.26. The molecule has 4 nitrogen and oxygen atoms in total. The van der Waals surface area contributed by atoms with E-state index in [-0.39, 0.29) is 11.9 Å². The van der Waals surface area contributed by atoms with Gasteiger partial charge in [-0.2, -0.15) is 5.26 Å². The fraction of sp³-hybridized carbons (Fsp3) is 0.429. The topological polar surface area (TPSA) is 56.1 Å². The summed E-state index contributed by atoms with van der Waals surface area (Å²) in [4.78, 5) is 13.4. The van der Waals surface area contributed by atoms with Gasteiger partial charge in [0.15, 0.2) is 0 Å². The minimum atomic E-state index is -0.201. The van der Waals surface area contributed by atoms with Gasteiger partial charge in [0.25, 0.3) is 0 Å². The van der Waals surface area contributed by atoms with E-state index in [4.69, 9.17) is 5.26 Å². The van der Waals surface area contributed by atoms with Crippen molar-refractivity contribution in [2.75, 3.05) is 19.6 Å². The molecule has 94 valence electrons. The summed E-state index contributed by atoms with van der Waals surface area (Å²) in [5.74, 6) is 0.0286. The molecule has 2 rings (SSSR count). The third-order valence-electron chi connectivity index (χ3n) is 3.20. The van der Waals surface area contributed by atoms with Gasteiger partial charge in [0.1, 0.15) is 6.04 Å². The minimum absolute atomic E-state index is 0.0286. The number of carbonyl (C=O) groups excluding carboxylic acids is 1. The van der Waals surface area contributed by atoms with Crippen LogP contribution in [0, 0.1) is 11.3 Å². The van der Waals surface area contributed by atoms with Crippen LogP contribution in [0.1, 0.15) is 12.0 Å². The molecule has 0 saturated carbocycles. The Morgan fingerprint density at radius 3 is 2.83 bits per heavy atom. The zero-order valence-electron chi connectivity index (χ0n) is 10.3. The second kappa shape index (κ2) is 6.18. The van der Waals surface area contributed by atoms with Crippen LogP contribution in [0.15, 0.2) is 30.3 Å². The molecule has 1 amide bonds. The van der Waals surface area contributed by atoms with Gasteiger partial charge in [0, 0.05) is 6.54 Å². The molecule has 4 heteroatoms. The number of amides is 1. The molecule has 1 saturated heterocycles. The van der Waals surface area contributed by atoms with E-state index in [1.807, 2.05) is 18.2 Å². The van der Waals surface area contributed by atoms with Gasteiger partial charge in [-0.1, -0.05) is 30.3 Å². The molecule has 1 atom stereocenters. The molecule has 1 aliphatic heterocycles. The van der Waals surface area contributed by atoms with Crippen molar-refractivity contribution in [3.8, 4) is 6.07 Å². The van der Waals surface area contributed by atoms with Gasteiger partial charge < -0.3 is 10.2 Å². The van der Waals surface area contributed by atoms with Crippen LogP contribution < -0.4 is 5.32 Å². The van der Waals surface area contributed by atoms with Crippen LogP contribution in [-0.2, 0) is 11.2 Å². The quantitative estimate of drug-likeness (QED) is 0.783. The summed E-state index contributed by atoms with van der Waals surface area (Å²) in [7, 11) is 0. The summed E-state index contributed by atoms with van der Waals surface area (Å²) in [5, 5.41) is 11.9. The molecule has 0 unspecified atom stereocenters. The average Bonchev–Trinajstić information content (AvgIpc) is 2.35. The van der Waals surface area contributed by atoms with Crippen LogP contribution in [0.4, 0.5) is 0 Å². The second-order valence-electron chi connectivity index (χ2n) is 4.43. The third kappa shape index (κ3) is 3.08. The Bertz CT molecular complexity index is 438. The van der Waals surface area contributed by atoms with E-state index < -0.39 is 0 Å². The number of likely N-dealkylation sites (tertiary alicyclic amines) is 1. The molecule has 1 N–H and O–H groups in total. The van der Waals surface area contributed by atoms with Crippen molar-refractivity contribution in [1.82, 2.24) is 10.2 Å². The molecule has 0 spiro atoms. The average molecular weight is 243 g/mol. The Hall–Kier alpha value is -1.86.